The fourth-order valence-electron chi connectivity index (χ4n) is 0.561. The Labute approximate surface area is 64.2 Å². The van der Waals surface area contributed by atoms with Crippen LogP contribution in [0.15, 0.2) is 0 Å². The number of aliphatic hydroxyl groups excluding tert-OH is 1. The first-order valence-corrected chi connectivity index (χ1v) is 4.19. The first-order chi connectivity index (χ1) is 4.89. The Balaban J connectivity index is 0. The molecule has 10 heavy (non-hydrogen) atoms. The third-order valence-corrected chi connectivity index (χ3v) is 0.906. The molecule has 1 saturated heterocycles. The monoisotopic (exact) mass is 148 g/mol. The minimum Gasteiger partial charge on any atom is -0.368 e. The van der Waals surface area contributed by atoms with Crippen LogP contribution < -0.4 is 0 Å². The number of rotatable bonds is 0. The molecule has 0 aromatic heterocycles. The first kappa shape index (κ1) is 12.6. The van der Waals surface area contributed by atoms with E-state index in [0.717, 1.165) is 19.4 Å². The topological polar surface area (TPSA) is 29.5 Å². The maximum absolute atomic E-state index is 8.51. The average Bonchev–Trinajstić information content (AvgIpc) is 2.48. The van der Waals surface area contributed by atoms with Crippen LogP contribution in [0.3, 0.4) is 0 Å². The number of aliphatic hydroxyl groups is 1. The highest BCUT2D eigenvalue weighted by Crippen LogP contribution is 2.06. The second-order valence-electron chi connectivity index (χ2n) is 1.47. The lowest BCUT2D eigenvalue weighted by molar-refractivity contribution is -0.0589. The molecule has 0 aliphatic carbocycles. The summed E-state index contributed by atoms with van der Waals surface area (Å²) in [6.07, 6.45) is 1.38. The summed E-state index contributed by atoms with van der Waals surface area (Å²) >= 11 is 0. The molecule has 1 atom stereocenters. The van der Waals surface area contributed by atoms with Gasteiger partial charge in [-0.1, -0.05) is 27.7 Å². The molecule has 1 unspecified atom stereocenters. The molecular formula is C8H20O2. The lowest BCUT2D eigenvalue weighted by Crippen LogP contribution is -1.99. The summed E-state index contributed by atoms with van der Waals surface area (Å²) in [5.74, 6) is 0. The van der Waals surface area contributed by atoms with E-state index in [1.54, 1.807) is 0 Å². The van der Waals surface area contributed by atoms with Gasteiger partial charge in [-0.25, -0.2) is 0 Å². The highest BCUT2D eigenvalue weighted by molar-refractivity contribution is 4.49. The second-order valence-corrected chi connectivity index (χ2v) is 1.47. The molecular weight excluding hydrogens is 128 g/mol. The van der Waals surface area contributed by atoms with E-state index in [2.05, 4.69) is 0 Å². The molecule has 0 spiro atoms. The Morgan fingerprint density at radius 2 is 1.70 bits per heavy atom. The molecule has 1 aliphatic heterocycles. The van der Waals surface area contributed by atoms with E-state index in [4.69, 9.17) is 9.84 Å². The van der Waals surface area contributed by atoms with Gasteiger partial charge in [0.25, 0.3) is 0 Å². The van der Waals surface area contributed by atoms with Crippen LogP contribution in [0.5, 0.6) is 0 Å². The Kier molecular flexibility index (Phi) is 14.7. The first-order valence-electron chi connectivity index (χ1n) is 4.19. The zero-order chi connectivity index (χ0) is 8.41. The Hall–Kier alpha value is -0.0800. The van der Waals surface area contributed by atoms with Gasteiger partial charge >= 0.3 is 0 Å². The van der Waals surface area contributed by atoms with Gasteiger partial charge in [0.2, 0.25) is 0 Å². The van der Waals surface area contributed by atoms with Gasteiger partial charge in [0.05, 0.1) is 0 Å². The molecule has 1 rings (SSSR count). The molecule has 2 heteroatoms. The molecule has 0 saturated carbocycles. The largest absolute Gasteiger partial charge is 0.368 e. The summed E-state index contributed by atoms with van der Waals surface area (Å²) in [6.45, 7) is 8.74. The van der Waals surface area contributed by atoms with Crippen LogP contribution in [0, 0.1) is 0 Å². The van der Waals surface area contributed by atoms with E-state index in [-0.39, 0.29) is 0 Å². The molecule has 0 aromatic carbocycles. The van der Waals surface area contributed by atoms with Gasteiger partial charge in [-0.3, -0.25) is 0 Å². The molecule has 1 N–H and O–H groups in total. The average molecular weight is 148 g/mol. The minimum absolute atomic E-state index is 0.454. The van der Waals surface area contributed by atoms with Crippen molar-refractivity contribution < 1.29 is 9.84 Å². The predicted molar refractivity (Wildman–Crippen MR) is 43.9 cm³/mol. The van der Waals surface area contributed by atoms with Crippen LogP contribution in [0.4, 0.5) is 0 Å². The van der Waals surface area contributed by atoms with Crippen molar-refractivity contribution in [3.8, 4) is 0 Å². The Morgan fingerprint density at radius 3 is 1.80 bits per heavy atom. The third-order valence-electron chi connectivity index (χ3n) is 0.906. The van der Waals surface area contributed by atoms with Crippen molar-refractivity contribution in [2.24, 2.45) is 0 Å². The summed E-state index contributed by atoms with van der Waals surface area (Å²) < 4.78 is 4.71. The van der Waals surface area contributed by atoms with E-state index in [1.807, 2.05) is 27.7 Å². The normalized spacial score (nSPS) is 21.9. The van der Waals surface area contributed by atoms with E-state index in [0.29, 0.717) is 0 Å². The van der Waals surface area contributed by atoms with E-state index in [1.165, 1.54) is 0 Å². The molecule has 1 heterocycles. The van der Waals surface area contributed by atoms with Gasteiger partial charge < -0.3 is 9.84 Å². The van der Waals surface area contributed by atoms with Crippen molar-refractivity contribution in [1.82, 2.24) is 0 Å². The smallest absolute Gasteiger partial charge is 0.154 e. The zero-order valence-corrected chi connectivity index (χ0v) is 7.55. The Morgan fingerprint density at radius 1 is 1.20 bits per heavy atom. The van der Waals surface area contributed by atoms with E-state index < -0.39 is 6.29 Å². The molecule has 0 amide bonds. The second kappa shape index (κ2) is 11.7. The maximum Gasteiger partial charge on any atom is 0.154 e. The quantitative estimate of drug-likeness (QED) is 0.570. The number of hydrogen-bond acceptors (Lipinski definition) is 2. The summed E-state index contributed by atoms with van der Waals surface area (Å²) in [4.78, 5) is 0. The molecule has 0 bridgehead atoms. The minimum atomic E-state index is -0.454. The lowest BCUT2D eigenvalue weighted by Gasteiger charge is -1.93. The van der Waals surface area contributed by atoms with Crippen LogP contribution in [0.25, 0.3) is 0 Å². The molecule has 1 aliphatic rings. The summed E-state index contributed by atoms with van der Waals surface area (Å²) in [7, 11) is 0. The fourth-order valence-corrected chi connectivity index (χ4v) is 0.561. The van der Waals surface area contributed by atoms with Crippen molar-refractivity contribution in [3.63, 3.8) is 0 Å². The zero-order valence-electron chi connectivity index (χ0n) is 7.55. The summed E-state index contributed by atoms with van der Waals surface area (Å²) in [6, 6.07) is 0. The van der Waals surface area contributed by atoms with Crippen LogP contribution >= 0.6 is 0 Å². The van der Waals surface area contributed by atoms with E-state index in [9.17, 15) is 0 Å². The van der Waals surface area contributed by atoms with Crippen molar-refractivity contribution in [2.75, 3.05) is 6.61 Å². The Bertz CT molecular complexity index is 40.5. The van der Waals surface area contributed by atoms with Crippen LogP contribution in [-0.2, 0) is 4.74 Å². The van der Waals surface area contributed by atoms with E-state index >= 15 is 0 Å². The highest BCUT2D eigenvalue weighted by atomic mass is 16.6. The van der Waals surface area contributed by atoms with Crippen LogP contribution in [0.1, 0.15) is 40.5 Å². The van der Waals surface area contributed by atoms with Crippen molar-refractivity contribution in [3.05, 3.63) is 0 Å². The van der Waals surface area contributed by atoms with Gasteiger partial charge in [-0.15, -0.1) is 0 Å². The molecule has 2 nitrogen and oxygen atoms in total. The van der Waals surface area contributed by atoms with Gasteiger partial charge in [0.1, 0.15) is 0 Å². The maximum atomic E-state index is 8.51. The van der Waals surface area contributed by atoms with Gasteiger partial charge in [0.15, 0.2) is 6.29 Å². The van der Waals surface area contributed by atoms with Gasteiger partial charge in [0, 0.05) is 13.0 Å². The van der Waals surface area contributed by atoms with Gasteiger partial charge in [-0.05, 0) is 6.42 Å². The van der Waals surface area contributed by atoms with Gasteiger partial charge in [-0.2, -0.15) is 0 Å². The van der Waals surface area contributed by atoms with Crippen LogP contribution in [-0.4, -0.2) is 18.0 Å². The molecule has 0 radical (unpaired) electrons. The number of ether oxygens (including phenoxy) is 1. The molecule has 64 valence electrons. The van der Waals surface area contributed by atoms with Crippen LogP contribution in [0.2, 0.25) is 0 Å². The predicted octanol–water partition coefficient (Wildman–Crippen LogP) is 2.17. The van der Waals surface area contributed by atoms with Crippen molar-refractivity contribution in [2.45, 2.75) is 46.8 Å². The van der Waals surface area contributed by atoms with Crippen molar-refractivity contribution >= 4 is 0 Å². The standard InChI is InChI=1S/C4H8O2.2C2H6/c5-4-2-1-3-6-4;2*1-2/h4-5H,1-3H2;2*1-2H3. The molecule has 0 aromatic rings. The summed E-state index contributed by atoms with van der Waals surface area (Å²) in [5, 5.41) is 8.51. The fraction of sp³-hybridized carbons (Fsp3) is 1.00. The third kappa shape index (κ3) is 7.92. The van der Waals surface area contributed by atoms with Crippen molar-refractivity contribution in [1.29, 1.82) is 0 Å². The highest BCUT2D eigenvalue weighted by Gasteiger charge is 2.09. The lowest BCUT2D eigenvalue weighted by atomic mass is 10.4. The molecule has 1 fully saturated rings. The summed E-state index contributed by atoms with van der Waals surface area (Å²) in [5.41, 5.74) is 0. The number of hydrogen-bond donors (Lipinski definition) is 1. The SMILES string of the molecule is CC.CC.OC1CCCO1.